The first-order valence-corrected chi connectivity index (χ1v) is 5.50. The van der Waals surface area contributed by atoms with Gasteiger partial charge in [0.25, 0.3) is 0 Å². The molecular weight excluding hydrogens is 190 g/mol. The molecule has 2 heterocycles. The van der Waals surface area contributed by atoms with E-state index in [1.807, 2.05) is 6.92 Å². The van der Waals surface area contributed by atoms with Crippen molar-refractivity contribution in [3.63, 3.8) is 0 Å². The first-order valence-electron chi connectivity index (χ1n) is 5.50. The van der Waals surface area contributed by atoms with Crippen LogP contribution < -0.4 is 5.32 Å². The number of nitrogens with zero attached hydrogens (tertiary/aromatic N) is 2. The molecule has 0 aromatic carbocycles. The van der Waals surface area contributed by atoms with Crippen molar-refractivity contribution in [2.75, 3.05) is 13.6 Å². The summed E-state index contributed by atoms with van der Waals surface area (Å²) in [5, 5.41) is 3.47. The van der Waals surface area contributed by atoms with Crippen LogP contribution in [0.3, 0.4) is 0 Å². The number of rotatable bonds is 3. The third-order valence-electron chi connectivity index (χ3n) is 3.10. The van der Waals surface area contributed by atoms with Crippen LogP contribution in [-0.2, 0) is 6.54 Å². The van der Waals surface area contributed by atoms with Gasteiger partial charge in [-0.2, -0.15) is 0 Å². The monoisotopic (exact) mass is 209 g/mol. The second-order valence-electron chi connectivity index (χ2n) is 4.47. The van der Waals surface area contributed by atoms with Crippen LogP contribution in [0.5, 0.6) is 0 Å². The number of oxazole rings is 1. The molecule has 1 aromatic heterocycles. The lowest BCUT2D eigenvalue weighted by atomic mass is 10.2. The van der Waals surface area contributed by atoms with Gasteiger partial charge in [0.1, 0.15) is 5.76 Å². The van der Waals surface area contributed by atoms with E-state index in [1.165, 1.54) is 6.42 Å². The molecule has 1 aliphatic heterocycles. The molecule has 0 spiro atoms. The van der Waals surface area contributed by atoms with Crippen LogP contribution in [0.1, 0.15) is 25.0 Å². The summed E-state index contributed by atoms with van der Waals surface area (Å²) in [6.07, 6.45) is 2.97. The van der Waals surface area contributed by atoms with Crippen molar-refractivity contribution in [2.45, 2.75) is 38.9 Å². The molecule has 4 heteroatoms. The first-order chi connectivity index (χ1) is 7.15. The zero-order valence-electron chi connectivity index (χ0n) is 9.66. The second-order valence-corrected chi connectivity index (χ2v) is 4.47. The van der Waals surface area contributed by atoms with Crippen LogP contribution in [-0.4, -0.2) is 35.6 Å². The second kappa shape index (κ2) is 4.33. The minimum absolute atomic E-state index is 0.567. The standard InChI is InChI=1S/C11H19N3O/c1-8-4-10(7-14(8)3)12-6-11-13-5-9(2)15-11/h5,8,10,12H,4,6-7H2,1-3H3. The molecule has 0 saturated carbocycles. The molecule has 2 rings (SSSR count). The van der Waals surface area contributed by atoms with Crippen molar-refractivity contribution in [1.29, 1.82) is 0 Å². The van der Waals surface area contributed by atoms with Crippen molar-refractivity contribution >= 4 is 0 Å². The summed E-state index contributed by atoms with van der Waals surface area (Å²) in [6, 6.07) is 1.24. The van der Waals surface area contributed by atoms with Crippen LogP contribution in [0.4, 0.5) is 0 Å². The average Bonchev–Trinajstić information content (AvgIpc) is 2.72. The van der Waals surface area contributed by atoms with Crippen LogP contribution in [0, 0.1) is 6.92 Å². The van der Waals surface area contributed by atoms with Gasteiger partial charge in [-0.25, -0.2) is 4.98 Å². The smallest absolute Gasteiger partial charge is 0.208 e. The van der Waals surface area contributed by atoms with E-state index >= 15 is 0 Å². The number of likely N-dealkylation sites (tertiary alicyclic amines) is 1. The van der Waals surface area contributed by atoms with Crippen LogP contribution >= 0.6 is 0 Å². The van der Waals surface area contributed by atoms with E-state index < -0.39 is 0 Å². The third-order valence-corrected chi connectivity index (χ3v) is 3.10. The van der Waals surface area contributed by atoms with Gasteiger partial charge in [-0.1, -0.05) is 0 Å². The minimum Gasteiger partial charge on any atom is -0.445 e. The van der Waals surface area contributed by atoms with Gasteiger partial charge in [-0.05, 0) is 27.3 Å². The van der Waals surface area contributed by atoms with Gasteiger partial charge in [0.2, 0.25) is 5.89 Å². The average molecular weight is 209 g/mol. The van der Waals surface area contributed by atoms with Crippen molar-refractivity contribution < 1.29 is 4.42 Å². The van der Waals surface area contributed by atoms with Gasteiger partial charge < -0.3 is 14.6 Å². The van der Waals surface area contributed by atoms with E-state index in [0.717, 1.165) is 24.7 Å². The molecule has 0 radical (unpaired) electrons. The Morgan fingerprint density at radius 1 is 1.67 bits per heavy atom. The van der Waals surface area contributed by atoms with Crippen molar-refractivity contribution in [3.8, 4) is 0 Å². The maximum absolute atomic E-state index is 5.41. The van der Waals surface area contributed by atoms with Gasteiger partial charge >= 0.3 is 0 Å². The Bertz CT molecular complexity index is 313. The number of hydrogen-bond acceptors (Lipinski definition) is 4. The maximum atomic E-state index is 5.41. The zero-order chi connectivity index (χ0) is 10.8. The third kappa shape index (κ3) is 2.58. The summed E-state index contributed by atoms with van der Waals surface area (Å²) < 4.78 is 5.41. The Balaban J connectivity index is 1.79. The predicted molar refractivity (Wildman–Crippen MR) is 58.6 cm³/mol. The Morgan fingerprint density at radius 3 is 3.00 bits per heavy atom. The van der Waals surface area contributed by atoms with Crippen molar-refractivity contribution in [3.05, 3.63) is 17.8 Å². The molecule has 0 aliphatic carbocycles. The first kappa shape index (κ1) is 10.6. The van der Waals surface area contributed by atoms with Gasteiger partial charge in [0.05, 0.1) is 12.7 Å². The number of nitrogens with one attached hydrogen (secondary N) is 1. The number of likely N-dealkylation sites (N-methyl/N-ethyl adjacent to an activating group) is 1. The lowest BCUT2D eigenvalue weighted by Gasteiger charge is -2.12. The highest BCUT2D eigenvalue weighted by atomic mass is 16.4. The van der Waals surface area contributed by atoms with E-state index in [2.05, 4.69) is 29.2 Å². The Hall–Kier alpha value is -0.870. The number of aromatic nitrogens is 1. The highest BCUT2D eigenvalue weighted by Gasteiger charge is 2.25. The van der Waals surface area contributed by atoms with Crippen molar-refractivity contribution in [1.82, 2.24) is 15.2 Å². The summed E-state index contributed by atoms with van der Waals surface area (Å²) in [5.74, 6) is 1.67. The molecule has 2 unspecified atom stereocenters. The topological polar surface area (TPSA) is 41.3 Å². The minimum atomic E-state index is 0.567. The molecule has 1 N–H and O–H groups in total. The molecule has 0 amide bonds. The fourth-order valence-electron chi connectivity index (χ4n) is 2.06. The van der Waals surface area contributed by atoms with Crippen LogP contribution in [0.25, 0.3) is 0 Å². The fraction of sp³-hybridized carbons (Fsp3) is 0.727. The van der Waals surface area contributed by atoms with Gasteiger partial charge in [-0.3, -0.25) is 0 Å². The molecule has 15 heavy (non-hydrogen) atoms. The summed E-state index contributed by atoms with van der Waals surface area (Å²) in [4.78, 5) is 6.55. The number of hydrogen-bond donors (Lipinski definition) is 1. The zero-order valence-corrected chi connectivity index (χ0v) is 9.66. The molecule has 1 saturated heterocycles. The Kier molecular flexibility index (Phi) is 3.07. The van der Waals surface area contributed by atoms with E-state index in [1.54, 1.807) is 6.20 Å². The normalized spacial score (nSPS) is 27.4. The van der Waals surface area contributed by atoms with Crippen LogP contribution in [0.15, 0.2) is 10.6 Å². The molecule has 1 fully saturated rings. The summed E-state index contributed by atoms with van der Waals surface area (Å²) >= 11 is 0. The molecular formula is C11H19N3O. The molecule has 1 aromatic rings. The molecule has 1 aliphatic rings. The van der Waals surface area contributed by atoms with E-state index in [4.69, 9.17) is 4.42 Å². The molecule has 84 valence electrons. The summed E-state index contributed by atoms with van der Waals surface area (Å²) in [5.41, 5.74) is 0. The molecule has 0 bridgehead atoms. The van der Waals surface area contributed by atoms with Crippen molar-refractivity contribution in [2.24, 2.45) is 0 Å². The molecule has 4 nitrogen and oxygen atoms in total. The predicted octanol–water partition coefficient (Wildman–Crippen LogP) is 1.17. The van der Waals surface area contributed by atoms with E-state index in [-0.39, 0.29) is 0 Å². The Morgan fingerprint density at radius 2 is 2.47 bits per heavy atom. The highest BCUT2D eigenvalue weighted by Crippen LogP contribution is 2.15. The summed E-state index contributed by atoms with van der Waals surface area (Å²) in [6.45, 7) is 6.03. The molecule has 2 atom stereocenters. The Labute approximate surface area is 90.7 Å². The quantitative estimate of drug-likeness (QED) is 0.811. The maximum Gasteiger partial charge on any atom is 0.208 e. The summed E-state index contributed by atoms with van der Waals surface area (Å²) in [7, 11) is 2.17. The van der Waals surface area contributed by atoms with Gasteiger partial charge in [-0.15, -0.1) is 0 Å². The van der Waals surface area contributed by atoms with Crippen LogP contribution in [0.2, 0.25) is 0 Å². The van der Waals surface area contributed by atoms with Gasteiger partial charge in [0.15, 0.2) is 0 Å². The SMILES string of the molecule is Cc1cnc(CNC2CC(C)N(C)C2)o1. The fourth-order valence-corrected chi connectivity index (χ4v) is 2.06. The van der Waals surface area contributed by atoms with E-state index in [9.17, 15) is 0 Å². The van der Waals surface area contributed by atoms with Gasteiger partial charge in [0, 0.05) is 18.6 Å². The van der Waals surface area contributed by atoms with E-state index in [0.29, 0.717) is 12.1 Å². The lowest BCUT2D eigenvalue weighted by Crippen LogP contribution is -2.31. The number of aryl methyl sites for hydroxylation is 1. The highest BCUT2D eigenvalue weighted by molar-refractivity contribution is 4.92. The lowest BCUT2D eigenvalue weighted by molar-refractivity contribution is 0.325. The largest absolute Gasteiger partial charge is 0.445 e.